The van der Waals surface area contributed by atoms with Gasteiger partial charge in [-0.15, -0.1) is 0 Å². The Morgan fingerprint density at radius 1 is 1.11 bits per heavy atom. The van der Waals surface area contributed by atoms with Crippen molar-refractivity contribution < 1.29 is 4.79 Å². The Bertz CT molecular complexity index is 649. The highest BCUT2D eigenvalue weighted by Crippen LogP contribution is 2.39. The average molecular weight is 235 g/mol. The second-order valence-electron chi connectivity index (χ2n) is 4.92. The van der Waals surface area contributed by atoms with Crippen LogP contribution in [-0.4, -0.2) is 12.3 Å². The number of anilines is 1. The first-order chi connectivity index (χ1) is 8.84. The molecule has 2 heterocycles. The first-order valence-electron chi connectivity index (χ1n) is 6.36. The van der Waals surface area contributed by atoms with Crippen molar-refractivity contribution in [1.82, 2.24) is 0 Å². The maximum atomic E-state index is 12.0. The van der Waals surface area contributed by atoms with Gasteiger partial charge in [0, 0.05) is 18.5 Å². The number of hydrogen-bond acceptors (Lipinski definition) is 2. The monoisotopic (exact) mass is 235 g/mol. The Morgan fingerprint density at radius 3 is 3.00 bits per heavy atom. The molecule has 0 atom stereocenters. The lowest BCUT2D eigenvalue weighted by molar-refractivity contribution is -0.114. The normalized spacial score (nSPS) is 20.0. The van der Waals surface area contributed by atoms with Crippen LogP contribution in [0.1, 0.15) is 17.5 Å². The SMILES string of the molecule is O=C1CC=CC2=C1C=Cc1cccc3c1N2CC3. The maximum absolute atomic E-state index is 12.0. The van der Waals surface area contributed by atoms with Crippen LogP contribution < -0.4 is 4.90 Å². The van der Waals surface area contributed by atoms with Crippen LogP contribution in [0.4, 0.5) is 5.69 Å². The number of hydrogen-bond donors (Lipinski definition) is 0. The van der Waals surface area contributed by atoms with Gasteiger partial charge in [-0.1, -0.05) is 30.4 Å². The fourth-order valence-corrected chi connectivity index (χ4v) is 3.07. The van der Waals surface area contributed by atoms with Crippen molar-refractivity contribution in [3.63, 3.8) is 0 Å². The third-order valence-corrected chi connectivity index (χ3v) is 3.90. The summed E-state index contributed by atoms with van der Waals surface area (Å²) in [6.07, 6.45) is 9.72. The zero-order valence-corrected chi connectivity index (χ0v) is 10.0. The second-order valence-corrected chi connectivity index (χ2v) is 4.92. The van der Waals surface area contributed by atoms with Gasteiger partial charge in [-0.3, -0.25) is 4.79 Å². The second kappa shape index (κ2) is 3.45. The van der Waals surface area contributed by atoms with Crippen LogP contribution in [-0.2, 0) is 11.2 Å². The van der Waals surface area contributed by atoms with Crippen molar-refractivity contribution in [2.75, 3.05) is 11.4 Å². The summed E-state index contributed by atoms with van der Waals surface area (Å²) in [4.78, 5) is 14.3. The number of allylic oxidation sites excluding steroid dienone is 4. The highest BCUT2D eigenvalue weighted by atomic mass is 16.1. The molecule has 2 nitrogen and oxygen atoms in total. The number of Topliss-reactive ketones (excluding diaryl/α,β-unsaturated/α-hetero) is 1. The number of carbonyl (C=O) groups is 1. The van der Waals surface area contributed by atoms with Crippen LogP contribution in [0.5, 0.6) is 0 Å². The van der Waals surface area contributed by atoms with Crippen LogP contribution in [0.25, 0.3) is 6.08 Å². The fraction of sp³-hybridized carbons (Fsp3) is 0.188. The molecule has 88 valence electrons. The smallest absolute Gasteiger partial charge is 0.168 e. The van der Waals surface area contributed by atoms with E-state index in [0.717, 1.165) is 24.2 Å². The number of benzene rings is 1. The predicted molar refractivity (Wildman–Crippen MR) is 72.3 cm³/mol. The number of rotatable bonds is 0. The van der Waals surface area contributed by atoms with E-state index in [0.29, 0.717) is 6.42 Å². The third-order valence-electron chi connectivity index (χ3n) is 3.90. The van der Waals surface area contributed by atoms with Gasteiger partial charge in [0.1, 0.15) is 0 Å². The molecule has 0 fully saturated rings. The first kappa shape index (κ1) is 9.89. The van der Waals surface area contributed by atoms with Crippen molar-refractivity contribution in [3.8, 4) is 0 Å². The highest BCUT2D eigenvalue weighted by Gasteiger charge is 2.29. The molecule has 3 aliphatic rings. The van der Waals surface area contributed by atoms with E-state index in [1.54, 1.807) is 0 Å². The van der Waals surface area contributed by atoms with E-state index < -0.39 is 0 Å². The summed E-state index contributed by atoms with van der Waals surface area (Å²) in [5.74, 6) is 0.227. The molecular formula is C16H13NO. The molecule has 0 saturated heterocycles. The van der Waals surface area contributed by atoms with Gasteiger partial charge in [-0.05, 0) is 29.7 Å². The first-order valence-corrected chi connectivity index (χ1v) is 6.36. The van der Waals surface area contributed by atoms with Gasteiger partial charge in [0.25, 0.3) is 0 Å². The molecule has 0 amide bonds. The Balaban J connectivity index is 2.00. The van der Waals surface area contributed by atoms with Gasteiger partial charge in [-0.25, -0.2) is 0 Å². The van der Waals surface area contributed by atoms with Crippen LogP contribution in [0.3, 0.4) is 0 Å². The molecule has 4 rings (SSSR count). The predicted octanol–water partition coefficient (Wildman–Crippen LogP) is 2.86. The van der Waals surface area contributed by atoms with Gasteiger partial charge in [0.15, 0.2) is 5.78 Å². The largest absolute Gasteiger partial charge is 0.340 e. The molecule has 1 aromatic rings. The molecular weight excluding hydrogens is 222 g/mol. The van der Waals surface area contributed by atoms with Crippen LogP contribution in [0.15, 0.2) is 47.7 Å². The van der Waals surface area contributed by atoms with Crippen LogP contribution >= 0.6 is 0 Å². The average Bonchev–Trinajstić information content (AvgIpc) is 2.73. The van der Waals surface area contributed by atoms with Crippen LogP contribution in [0.2, 0.25) is 0 Å². The van der Waals surface area contributed by atoms with Gasteiger partial charge >= 0.3 is 0 Å². The van der Waals surface area contributed by atoms with Gasteiger partial charge in [0.2, 0.25) is 0 Å². The van der Waals surface area contributed by atoms with Gasteiger partial charge in [-0.2, -0.15) is 0 Å². The van der Waals surface area contributed by atoms with E-state index in [1.165, 1.54) is 16.8 Å². The van der Waals surface area contributed by atoms with Crippen LogP contribution in [0, 0.1) is 0 Å². The molecule has 1 aromatic carbocycles. The minimum atomic E-state index is 0.227. The zero-order chi connectivity index (χ0) is 12.1. The number of fused-ring (bicyclic) bond motifs is 1. The van der Waals surface area contributed by atoms with E-state index >= 15 is 0 Å². The van der Waals surface area contributed by atoms with E-state index in [-0.39, 0.29) is 5.78 Å². The Labute approximate surface area is 106 Å². The topological polar surface area (TPSA) is 20.3 Å². The molecule has 2 heteroatoms. The maximum Gasteiger partial charge on any atom is 0.168 e. The number of ketones is 1. The Hall–Kier alpha value is -2.09. The summed E-state index contributed by atoms with van der Waals surface area (Å²) in [6.45, 7) is 0.977. The molecule has 0 aromatic heterocycles. The lowest BCUT2D eigenvalue weighted by Crippen LogP contribution is -2.23. The molecule has 0 unspecified atom stereocenters. The van der Waals surface area contributed by atoms with Crippen molar-refractivity contribution in [1.29, 1.82) is 0 Å². The molecule has 2 aliphatic heterocycles. The Morgan fingerprint density at radius 2 is 2.06 bits per heavy atom. The molecule has 0 radical (unpaired) electrons. The highest BCUT2D eigenvalue weighted by molar-refractivity contribution is 6.04. The van der Waals surface area contributed by atoms with Crippen molar-refractivity contribution in [3.05, 3.63) is 58.8 Å². The lowest BCUT2D eigenvalue weighted by Gasteiger charge is -2.24. The van der Waals surface area contributed by atoms with E-state index in [4.69, 9.17) is 0 Å². The van der Waals surface area contributed by atoms with Crippen molar-refractivity contribution in [2.24, 2.45) is 0 Å². The summed E-state index contributed by atoms with van der Waals surface area (Å²) in [6, 6.07) is 6.41. The van der Waals surface area contributed by atoms with E-state index in [9.17, 15) is 4.79 Å². The number of para-hydroxylation sites is 1. The molecule has 0 spiro atoms. The fourth-order valence-electron chi connectivity index (χ4n) is 3.07. The summed E-state index contributed by atoms with van der Waals surface area (Å²) in [5, 5.41) is 0. The molecule has 18 heavy (non-hydrogen) atoms. The van der Waals surface area contributed by atoms with Gasteiger partial charge in [0.05, 0.1) is 11.4 Å². The summed E-state index contributed by atoms with van der Waals surface area (Å²) >= 11 is 0. The lowest BCUT2D eigenvalue weighted by atomic mass is 10.00. The molecule has 0 bridgehead atoms. The van der Waals surface area contributed by atoms with Gasteiger partial charge < -0.3 is 4.90 Å². The molecule has 1 aliphatic carbocycles. The third kappa shape index (κ3) is 1.20. The zero-order valence-electron chi connectivity index (χ0n) is 10.0. The molecule has 0 saturated carbocycles. The summed E-state index contributed by atoms with van der Waals surface area (Å²) in [5.41, 5.74) is 5.84. The van der Waals surface area contributed by atoms with Crippen molar-refractivity contribution in [2.45, 2.75) is 12.8 Å². The van der Waals surface area contributed by atoms with Crippen molar-refractivity contribution >= 4 is 17.5 Å². The summed E-state index contributed by atoms with van der Waals surface area (Å²) < 4.78 is 0. The number of nitrogens with zero attached hydrogens (tertiary/aromatic N) is 1. The van der Waals surface area contributed by atoms with E-state index in [2.05, 4.69) is 35.3 Å². The van der Waals surface area contributed by atoms with E-state index in [1.807, 2.05) is 12.2 Å². The minimum absolute atomic E-state index is 0.227. The standard InChI is InChI=1S/C16H13NO/c18-15-6-2-5-14-13(15)8-7-11-3-1-4-12-9-10-17(14)16(11)12/h1-5,7-8H,6,9-10H2. The minimum Gasteiger partial charge on any atom is -0.340 e. The Kier molecular flexibility index (Phi) is 1.90. The molecule has 0 N–H and O–H groups in total. The number of carbonyl (C=O) groups excluding carboxylic acids is 1. The quantitative estimate of drug-likeness (QED) is 0.689. The summed E-state index contributed by atoms with van der Waals surface area (Å²) in [7, 11) is 0.